The predicted octanol–water partition coefficient (Wildman–Crippen LogP) is 2.25. The van der Waals surface area contributed by atoms with Crippen molar-refractivity contribution in [3.63, 3.8) is 0 Å². The van der Waals surface area contributed by atoms with Crippen molar-refractivity contribution in [3.8, 4) is 0 Å². The van der Waals surface area contributed by atoms with Crippen molar-refractivity contribution in [3.05, 3.63) is 36.4 Å². The summed E-state index contributed by atoms with van der Waals surface area (Å²) in [5.41, 5.74) is 6.02. The summed E-state index contributed by atoms with van der Waals surface area (Å²) in [6.45, 7) is 1.72. The molecule has 1 aromatic carbocycles. The van der Waals surface area contributed by atoms with Crippen molar-refractivity contribution in [2.24, 2.45) is 0 Å². The van der Waals surface area contributed by atoms with Gasteiger partial charge in [-0.1, -0.05) is 11.8 Å². The summed E-state index contributed by atoms with van der Waals surface area (Å²) in [5, 5.41) is 2.73. The van der Waals surface area contributed by atoms with Gasteiger partial charge >= 0.3 is 0 Å². The van der Waals surface area contributed by atoms with Gasteiger partial charge in [-0.25, -0.2) is 9.37 Å². The zero-order valence-corrected chi connectivity index (χ0v) is 11.0. The quantitative estimate of drug-likeness (QED) is 0.592. The maximum Gasteiger partial charge on any atom is 0.237 e. The summed E-state index contributed by atoms with van der Waals surface area (Å²) < 4.78 is 13.5. The van der Waals surface area contributed by atoms with E-state index >= 15 is 0 Å². The molecule has 5 nitrogen and oxygen atoms in total. The van der Waals surface area contributed by atoms with Crippen LogP contribution in [0, 0.1) is 5.82 Å². The molecule has 0 aliphatic rings. The first-order chi connectivity index (χ1) is 9.06. The highest BCUT2D eigenvalue weighted by Gasteiger charge is 2.17. The molecule has 1 unspecified atom stereocenters. The molecule has 1 aromatic heterocycles. The minimum absolute atomic E-state index is 0.0805. The van der Waals surface area contributed by atoms with E-state index < -0.39 is 11.1 Å². The predicted molar refractivity (Wildman–Crippen MR) is 73.3 cm³/mol. The molecule has 0 saturated heterocycles. The van der Waals surface area contributed by atoms with Crippen LogP contribution in [0.2, 0.25) is 0 Å². The standard InChI is InChI=1S/C12H13FN4OS/c1-7(19-12-15-4-5-16-12)11(18)17-10-6-8(14)2-3-9(10)13/h2-7H,14H2,1H3,(H,15,16)(H,17,18). The fraction of sp³-hybridized carbons (Fsp3) is 0.167. The molecule has 0 bridgehead atoms. The maximum absolute atomic E-state index is 13.5. The SMILES string of the molecule is CC(Sc1ncc[nH]1)C(=O)Nc1cc(N)ccc1F. The Labute approximate surface area is 113 Å². The Balaban J connectivity index is 2.02. The van der Waals surface area contributed by atoms with Gasteiger partial charge in [0.1, 0.15) is 5.82 Å². The molecule has 1 heterocycles. The fourth-order valence-electron chi connectivity index (χ4n) is 1.41. The highest BCUT2D eigenvalue weighted by molar-refractivity contribution is 8.00. The number of carbonyl (C=O) groups is 1. The number of aromatic amines is 1. The van der Waals surface area contributed by atoms with Crippen LogP contribution in [-0.4, -0.2) is 21.1 Å². The molecule has 19 heavy (non-hydrogen) atoms. The van der Waals surface area contributed by atoms with Gasteiger partial charge < -0.3 is 16.0 Å². The van der Waals surface area contributed by atoms with Crippen LogP contribution in [0.25, 0.3) is 0 Å². The van der Waals surface area contributed by atoms with E-state index in [2.05, 4.69) is 15.3 Å². The summed E-state index contributed by atoms with van der Waals surface area (Å²) in [6.07, 6.45) is 3.27. The molecule has 0 radical (unpaired) electrons. The van der Waals surface area contributed by atoms with Crippen molar-refractivity contribution in [2.45, 2.75) is 17.3 Å². The summed E-state index contributed by atoms with van der Waals surface area (Å²) in [7, 11) is 0. The van der Waals surface area contributed by atoms with Crippen LogP contribution < -0.4 is 11.1 Å². The number of rotatable bonds is 4. The van der Waals surface area contributed by atoms with Crippen molar-refractivity contribution >= 4 is 29.0 Å². The lowest BCUT2D eigenvalue weighted by molar-refractivity contribution is -0.115. The average molecular weight is 280 g/mol. The van der Waals surface area contributed by atoms with Gasteiger partial charge in [0.15, 0.2) is 5.16 Å². The molecule has 0 aliphatic carbocycles. The molecule has 2 aromatic rings. The molecule has 7 heteroatoms. The minimum atomic E-state index is -0.516. The van der Waals surface area contributed by atoms with Crippen LogP contribution in [-0.2, 0) is 4.79 Å². The molecule has 100 valence electrons. The third-order valence-corrected chi connectivity index (χ3v) is 3.39. The number of thioether (sulfide) groups is 1. The third-order valence-electron chi connectivity index (χ3n) is 2.38. The molecular weight excluding hydrogens is 267 g/mol. The number of nitrogens with zero attached hydrogens (tertiary/aromatic N) is 1. The first-order valence-electron chi connectivity index (χ1n) is 5.58. The molecule has 0 spiro atoms. The van der Waals surface area contributed by atoms with Gasteiger partial charge in [0.05, 0.1) is 10.9 Å². The van der Waals surface area contributed by atoms with Crippen molar-refractivity contribution in [1.29, 1.82) is 0 Å². The molecular formula is C12H13FN4OS. The minimum Gasteiger partial charge on any atom is -0.399 e. The number of hydrogen-bond donors (Lipinski definition) is 3. The normalized spacial score (nSPS) is 12.1. The summed E-state index contributed by atoms with van der Waals surface area (Å²) in [4.78, 5) is 18.8. The highest BCUT2D eigenvalue weighted by Crippen LogP contribution is 2.22. The Morgan fingerprint density at radius 3 is 3.05 bits per heavy atom. The van der Waals surface area contributed by atoms with Crippen LogP contribution in [0.4, 0.5) is 15.8 Å². The number of amides is 1. The Hall–Kier alpha value is -2.02. The van der Waals surface area contributed by atoms with E-state index in [0.717, 1.165) is 0 Å². The number of H-pyrrole nitrogens is 1. The first kappa shape index (κ1) is 13.4. The first-order valence-corrected chi connectivity index (χ1v) is 6.46. The average Bonchev–Trinajstić information content (AvgIpc) is 2.86. The summed E-state index contributed by atoms with van der Waals surface area (Å²) >= 11 is 1.26. The van der Waals surface area contributed by atoms with Gasteiger partial charge in [-0.05, 0) is 25.1 Å². The Morgan fingerprint density at radius 2 is 2.37 bits per heavy atom. The number of carbonyl (C=O) groups excluding carboxylic acids is 1. The highest BCUT2D eigenvalue weighted by atomic mass is 32.2. The molecule has 1 amide bonds. The second-order valence-electron chi connectivity index (χ2n) is 3.88. The molecule has 1 atom stereocenters. The third kappa shape index (κ3) is 3.47. The van der Waals surface area contributed by atoms with Crippen molar-refractivity contribution in [2.75, 3.05) is 11.1 Å². The van der Waals surface area contributed by atoms with E-state index in [1.807, 2.05) is 0 Å². The number of aromatic nitrogens is 2. The van der Waals surface area contributed by atoms with Gasteiger partial charge in [-0.3, -0.25) is 4.79 Å². The lowest BCUT2D eigenvalue weighted by atomic mass is 10.2. The van der Waals surface area contributed by atoms with Gasteiger partial charge in [0.2, 0.25) is 5.91 Å². The number of hydrogen-bond acceptors (Lipinski definition) is 4. The monoisotopic (exact) mass is 280 g/mol. The Bertz CT molecular complexity index is 573. The van der Waals surface area contributed by atoms with Crippen molar-refractivity contribution < 1.29 is 9.18 Å². The van der Waals surface area contributed by atoms with E-state index in [-0.39, 0.29) is 11.6 Å². The van der Waals surface area contributed by atoms with E-state index in [0.29, 0.717) is 10.8 Å². The smallest absolute Gasteiger partial charge is 0.237 e. The van der Waals surface area contributed by atoms with Crippen LogP contribution in [0.5, 0.6) is 0 Å². The molecule has 0 aliphatic heterocycles. The maximum atomic E-state index is 13.5. The van der Waals surface area contributed by atoms with E-state index in [4.69, 9.17) is 5.73 Å². The van der Waals surface area contributed by atoms with E-state index in [9.17, 15) is 9.18 Å². The lowest BCUT2D eigenvalue weighted by Gasteiger charge is -2.11. The topological polar surface area (TPSA) is 83.8 Å². The second kappa shape index (κ2) is 5.75. The largest absolute Gasteiger partial charge is 0.399 e. The molecule has 2 rings (SSSR count). The van der Waals surface area contributed by atoms with Crippen molar-refractivity contribution in [1.82, 2.24) is 9.97 Å². The van der Waals surface area contributed by atoms with Gasteiger partial charge in [-0.2, -0.15) is 0 Å². The second-order valence-corrected chi connectivity index (χ2v) is 5.21. The Morgan fingerprint density at radius 1 is 1.58 bits per heavy atom. The molecule has 0 saturated carbocycles. The van der Waals surface area contributed by atoms with Crippen LogP contribution in [0.15, 0.2) is 35.7 Å². The molecule has 4 N–H and O–H groups in total. The van der Waals surface area contributed by atoms with Gasteiger partial charge in [0, 0.05) is 18.1 Å². The van der Waals surface area contributed by atoms with Crippen LogP contribution in [0.3, 0.4) is 0 Å². The fourth-order valence-corrected chi connectivity index (χ4v) is 2.17. The van der Waals surface area contributed by atoms with Gasteiger partial charge in [-0.15, -0.1) is 0 Å². The van der Waals surface area contributed by atoms with E-state index in [1.54, 1.807) is 19.3 Å². The number of nitrogens with one attached hydrogen (secondary N) is 2. The van der Waals surface area contributed by atoms with Crippen LogP contribution in [0.1, 0.15) is 6.92 Å². The summed E-state index contributed by atoms with van der Waals surface area (Å²) in [6, 6.07) is 4.04. The zero-order chi connectivity index (χ0) is 13.8. The number of nitrogens with two attached hydrogens (primary N) is 1. The number of nitrogen functional groups attached to an aromatic ring is 1. The number of imidazole rings is 1. The molecule has 0 fully saturated rings. The van der Waals surface area contributed by atoms with Crippen LogP contribution >= 0.6 is 11.8 Å². The van der Waals surface area contributed by atoms with E-state index in [1.165, 1.54) is 30.0 Å². The number of anilines is 2. The number of benzene rings is 1. The Kier molecular flexibility index (Phi) is 4.06. The zero-order valence-electron chi connectivity index (χ0n) is 10.2. The van der Waals surface area contributed by atoms with Gasteiger partial charge in [0.25, 0.3) is 0 Å². The summed E-state index contributed by atoms with van der Waals surface area (Å²) in [5.74, 6) is -0.830. The lowest BCUT2D eigenvalue weighted by Crippen LogP contribution is -2.23. The number of halogens is 1.